The number of carbonyl (C=O) groups is 2. The molecule has 3 rings (SSSR count). The van der Waals surface area contributed by atoms with Crippen LogP contribution in [-0.2, 0) is 4.79 Å². The van der Waals surface area contributed by atoms with Gasteiger partial charge in [0.15, 0.2) is 5.78 Å². The lowest BCUT2D eigenvalue weighted by molar-refractivity contribution is -0.117. The van der Waals surface area contributed by atoms with Crippen molar-refractivity contribution in [3.05, 3.63) is 65.2 Å². The van der Waals surface area contributed by atoms with Crippen LogP contribution in [0.2, 0.25) is 0 Å². The zero-order valence-electron chi connectivity index (χ0n) is 16.6. The lowest BCUT2D eigenvalue weighted by atomic mass is 9.95. The van der Waals surface area contributed by atoms with E-state index >= 15 is 0 Å². The summed E-state index contributed by atoms with van der Waals surface area (Å²) in [6.07, 6.45) is 5.87. The number of nitrogens with one attached hydrogen (secondary N) is 1. The van der Waals surface area contributed by atoms with Gasteiger partial charge in [-0.1, -0.05) is 49.6 Å². The molecule has 1 saturated carbocycles. The quantitative estimate of drug-likeness (QED) is 0.726. The summed E-state index contributed by atoms with van der Waals surface area (Å²) in [7, 11) is 1.67. The van der Waals surface area contributed by atoms with Crippen LogP contribution in [0.4, 0.5) is 5.69 Å². The summed E-state index contributed by atoms with van der Waals surface area (Å²) in [5.74, 6) is -0.301. The first-order chi connectivity index (χ1) is 13.6. The zero-order chi connectivity index (χ0) is 19.9. The summed E-state index contributed by atoms with van der Waals surface area (Å²) in [5, 5.41) is 12.6. The number of nitrogens with zero attached hydrogens (tertiary/aromatic N) is 2. The molecule has 0 bridgehead atoms. The number of likely N-dealkylation sites (N-methyl/N-ethyl adjacent to an activating group) is 1. The molecule has 1 aliphatic rings. The number of benzene rings is 2. The molecule has 0 aromatic heterocycles. The second-order valence-electron chi connectivity index (χ2n) is 7.21. The van der Waals surface area contributed by atoms with Gasteiger partial charge in [0.05, 0.1) is 23.9 Å². The lowest BCUT2D eigenvalue weighted by Crippen LogP contribution is -2.41. The second kappa shape index (κ2) is 10.8. The first kappa shape index (κ1) is 22.6. The molecule has 1 amide bonds. The van der Waals surface area contributed by atoms with Gasteiger partial charge in [0, 0.05) is 24.2 Å². The van der Waals surface area contributed by atoms with Crippen LogP contribution in [0.25, 0.3) is 0 Å². The Morgan fingerprint density at radius 1 is 1.10 bits per heavy atom. The highest BCUT2D eigenvalue weighted by atomic mass is 35.5. The summed E-state index contributed by atoms with van der Waals surface area (Å²) >= 11 is 0. The van der Waals surface area contributed by atoms with Crippen LogP contribution in [0.5, 0.6) is 0 Å². The van der Waals surface area contributed by atoms with Crippen molar-refractivity contribution in [3.8, 4) is 6.07 Å². The van der Waals surface area contributed by atoms with Crippen LogP contribution >= 0.6 is 12.4 Å². The number of anilines is 1. The zero-order valence-corrected chi connectivity index (χ0v) is 17.4. The van der Waals surface area contributed by atoms with E-state index < -0.39 is 0 Å². The Bertz CT molecular complexity index is 887. The molecule has 6 heteroatoms. The van der Waals surface area contributed by atoms with Gasteiger partial charge in [-0.3, -0.25) is 9.59 Å². The molecule has 1 fully saturated rings. The molecule has 2 aromatic rings. The summed E-state index contributed by atoms with van der Waals surface area (Å²) in [6, 6.07) is 16.2. The fourth-order valence-electron chi connectivity index (χ4n) is 3.62. The van der Waals surface area contributed by atoms with Crippen molar-refractivity contribution in [1.82, 2.24) is 5.32 Å². The first-order valence-electron chi connectivity index (χ1n) is 9.74. The molecule has 1 aliphatic carbocycles. The molecule has 0 spiro atoms. The number of hydrogen-bond acceptors (Lipinski definition) is 4. The number of halogens is 1. The van der Waals surface area contributed by atoms with Crippen molar-refractivity contribution in [2.75, 3.05) is 18.5 Å². The van der Waals surface area contributed by atoms with Crippen LogP contribution in [0.15, 0.2) is 48.5 Å². The average molecular weight is 412 g/mol. The molecule has 29 heavy (non-hydrogen) atoms. The standard InChI is InChI=1S/C23H25N3O2.ClH/c1-26(22(27)16-25-19-10-6-3-7-11-19)21-13-12-17(15-24)14-20(21)23(28)18-8-4-2-5-9-18;/h2,4-5,8-9,12-14,19,25H,3,6-7,10-11,16H2,1H3;1H. The smallest absolute Gasteiger partial charge is 0.240 e. The number of ketones is 1. The van der Waals surface area contributed by atoms with E-state index in [9.17, 15) is 14.9 Å². The van der Waals surface area contributed by atoms with E-state index in [1.165, 1.54) is 24.2 Å². The molecule has 0 unspecified atom stereocenters. The Hall–Kier alpha value is -2.68. The maximum Gasteiger partial charge on any atom is 0.240 e. The van der Waals surface area contributed by atoms with E-state index in [0.29, 0.717) is 28.4 Å². The topological polar surface area (TPSA) is 73.2 Å². The SMILES string of the molecule is CN(C(=O)CNC1CCCCC1)c1ccc(C#N)cc1C(=O)c1ccccc1.Cl. The predicted molar refractivity (Wildman–Crippen MR) is 117 cm³/mol. The van der Waals surface area contributed by atoms with Gasteiger partial charge in [0.25, 0.3) is 0 Å². The minimum absolute atomic E-state index is 0. The fraction of sp³-hybridized carbons (Fsp3) is 0.348. The van der Waals surface area contributed by atoms with Crippen molar-refractivity contribution >= 4 is 29.8 Å². The molecule has 0 heterocycles. The average Bonchev–Trinajstić information content (AvgIpc) is 2.77. The third-order valence-electron chi connectivity index (χ3n) is 5.29. The van der Waals surface area contributed by atoms with Crippen LogP contribution in [0.3, 0.4) is 0 Å². The molecule has 1 N–H and O–H groups in total. The highest BCUT2D eigenvalue weighted by Gasteiger charge is 2.21. The van der Waals surface area contributed by atoms with E-state index in [1.54, 1.807) is 49.5 Å². The number of hydrogen-bond donors (Lipinski definition) is 1. The molecule has 152 valence electrons. The van der Waals surface area contributed by atoms with Crippen LogP contribution < -0.4 is 10.2 Å². The van der Waals surface area contributed by atoms with E-state index in [1.807, 2.05) is 6.07 Å². The van der Waals surface area contributed by atoms with Gasteiger partial charge in [-0.15, -0.1) is 12.4 Å². The van der Waals surface area contributed by atoms with Gasteiger partial charge in [-0.05, 0) is 31.0 Å². The van der Waals surface area contributed by atoms with Crippen LogP contribution in [0, 0.1) is 11.3 Å². The molecule has 0 saturated heterocycles. The minimum atomic E-state index is -0.201. The second-order valence-corrected chi connectivity index (χ2v) is 7.21. The Balaban J connectivity index is 0.00000300. The molecule has 0 radical (unpaired) electrons. The van der Waals surface area contributed by atoms with Crippen molar-refractivity contribution < 1.29 is 9.59 Å². The molecule has 2 aromatic carbocycles. The first-order valence-corrected chi connectivity index (χ1v) is 9.74. The summed E-state index contributed by atoms with van der Waals surface area (Å²) < 4.78 is 0. The number of carbonyl (C=O) groups excluding carboxylic acids is 2. The van der Waals surface area contributed by atoms with Crippen molar-refractivity contribution in [2.24, 2.45) is 0 Å². The minimum Gasteiger partial charge on any atom is -0.314 e. The van der Waals surface area contributed by atoms with Crippen molar-refractivity contribution in [3.63, 3.8) is 0 Å². The van der Waals surface area contributed by atoms with E-state index in [4.69, 9.17) is 0 Å². The lowest BCUT2D eigenvalue weighted by Gasteiger charge is -2.25. The largest absolute Gasteiger partial charge is 0.314 e. The summed E-state index contributed by atoms with van der Waals surface area (Å²) in [4.78, 5) is 27.3. The highest BCUT2D eigenvalue weighted by Crippen LogP contribution is 2.24. The van der Waals surface area contributed by atoms with E-state index in [2.05, 4.69) is 11.4 Å². The predicted octanol–water partition coefficient (Wildman–Crippen LogP) is 4.10. The summed E-state index contributed by atoms with van der Waals surface area (Å²) in [6.45, 7) is 0.236. The van der Waals surface area contributed by atoms with Gasteiger partial charge in [-0.2, -0.15) is 5.26 Å². The third kappa shape index (κ3) is 5.66. The maximum absolute atomic E-state index is 13.0. The number of nitriles is 1. The Morgan fingerprint density at radius 3 is 2.45 bits per heavy atom. The summed E-state index contributed by atoms with van der Waals surface area (Å²) in [5.41, 5.74) is 1.80. The molecular formula is C23H26ClN3O2. The number of rotatable bonds is 6. The number of amides is 1. The third-order valence-corrected chi connectivity index (χ3v) is 5.29. The maximum atomic E-state index is 13.0. The van der Waals surface area contributed by atoms with E-state index in [0.717, 1.165) is 12.8 Å². The Labute approximate surface area is 178 Å². The van der Waals surface area contributed by atoms with Gasteiger partial charge < -0.3 is 10.2 Å². The Kier molecular flexibility index (Phi) is 8.38. The van der Waals surface area contributed by atoms with E-state index in [-0.39, 0.29) is 30.6 Å². The van der Waals surface area contributed by atoms with Crippen molar-refractivity contribution in [1.29, 1.82) is 5.26 Å². The van der Waals surface area contributed by atoms with Gasteiger partial charge in [-0.25, -0.2) is 0 Å². The molecular weight excluding hydrogens is 386 g/mol. The monoisotopic (exact) mass is 411 g/mol. The van der Waals surface area contributed by atoms with Gasteiger partial charge >= 0.3 is 0 Å². The normalized spacial score (nSPS) is 13.8. The molecule has 0 aliphatic heterocycles. The van der Waals surface area contributed by atoms with Crippen LogP contribution in [0.1, 0.15) is 53.6 Å². The fourth-order valence-corrected chi connectivity index (χ4v) is 3.62. The highest BCUT2D eigenvalue weighted by molar-refractivity contribution is 6.14. The van der Waals surface area contributed by atoms with Crippen molar-refractivity contribution in [2.45, 2.75) is 38.1 Å². The molecule has 0 atom stereocenters. The van der Waals surface area contributed by atoms with Gasteiger partial charge in [0.1, 0.15) is 0 Å². The Morgan fingerprint density at radius 2 is 1.79 bits per heavy atom. The van der Waals surface area contributed by atoms with Gasteiger partial charge in [0.2, 0.25) is 5.91 Å². The molecule has 5 nitrogen and oxygen atoms in total. The van der Waals surface area contributed by atoms with Crippen LogP contribution in [-0.4, -0.2) is 31.3 Å².